The van der Waals surface area contributed by atoms with Crippen LogP contribution in [0.25, 0.3) is 0 Å². The molecule has 0 aliphatic carbocycles. The molecule has 4 nitrogen and oxygen atoms in total. The summed E-state index contributed by atoms with van der Waals surface area (Å²) in [7, 11) is -3.89. The fraction of sp³-hybridized carbons (Fsp3) is 0.429. The summed E-state index contributed by atoms with van der Waals surface area (Å²) in [5, 5.41) is 3.52. The van der Waals surface area contributed by atoms with Crippen LogP contribution < -0.4 is 5.32 Å². The van der Waals surface area contributed by atoms with Crippen molar-refractivity contribution in [2.75, 3.05) is 25.0 Å². The minimum atomic E-state index is -4.50. The van der Waals surface area contributed by atoms with Crippen molar-refractivity contribution in [3.8, 4) is 0 Å². The summed E-state index contributed by atoms with van der Waals surface area (Å²) in [6.07, 6.45) is -2.56. The van der Waals surface area contributed by atoms with Crippen LogP contribution in [0.5, 0.6) is 0 Å². The summed E-state index contributed by atoms with van der Waals surface area (Å²) in [6.45, 7) is 5.11. The number of anilines is 1. The van der Waals surface area contributed by atoms with Gasteiger partial charge in [0, 0.05) is 24.2 Å². The Morgan fingerprint density at radius 1 is 1.03 bits per heavy atom. The molecule has 0 bridgehead atoms. The Morgan fingerprint density at radius 3 is 2.34 bits per heavy atom. The summed E-state index contributed by atoms with van der Waals surface area (Å²) in [6, 6.07) is 8.95. The number of alkyl halides is 3. The molecule has 2 aromatic carbocycles. The van der Waals surface area contributed by atoms with E-state index < -0.39 is 21.6 Å². The van der Waals surface area contributed by atoms with E-state index >= 15 is 0 Å². The van der Waals surface area contributed by atoms with Crippen molar-refractivity contribution in [1.82, 2.24) is 4.90 Å². The second-order valence-electron chi connectivity index (χ2n) is 7.64. The molecule has 0 saturated carbocycles. The minimum absolute atomic E-state index is 0.120. The normalized spacial score (nSPS) is 22.5. The van der Waals surface area contributed by atoms with Gasteiger partial charge < -0.3 is 10.2 Å². The van der Waals surface area contributed by atoms with Gasteiger partial charge in [0.15, 0.2) is 0 Å². The first-order valence-corrected chi connectivity index (χ1v) is 11.2. The Balaban J connectivity index is 1.65. The molecule has 156 valence electrons. The number of likely N-dealkylation sites (tertiary alicyclic amines) is 1. The number of nitrogens with one attached hydrogen (secondary N) is 1. The third kappa shape index (κ3) is 3.75. The largest absolute Gasteiger partial charge is 0.416 e. The first-order chi connectivity index (χ1) is 13.7. The number of hydrogen-bond donors (Lipinski definition) is 1. The van der Waals surface area contributed by atoms with Gasteiger partial charge in [-0.1, -0.05) is 6.92 Å². The van der Waals surface area contributed by atoms with Crippen LogP contribution in [-0.4, -0.2) is 39.0 Å². The lowest BCUT2D eigenvalue weighted by atomic mass is 9.91. The van der Waals surface area contributed by atoms with Crippen molar-refractivity contribution in [1.29, 1.82) is 0 Å². The highest BCUT2D eigenvalue weighted by molar-refractivity contribution is 7.91. The summed E-state index contributed by atoms with van der Waals surface area (Å²) in [5.74, 6) is 0.240. The summed E-state index contributed by atoms with van der Waals surface area (Å²) in [5.41, 5.74) is 1.08. The standard InChI is InChI=1S/C21H23F3N2O2S/c1-2-26-11-9-17-18-13-16(7-8-19(18)25-20(17)10-12-26)29(27,28)15-5-3-14(4-6-15)21(22,23)24/h3-8,13,17,20,25H,2,9-12H2,1H3/t17-,20+/m0/s1. The van der Waals surface area contributed by atoms with Crippen molar-refractivity contribution in [2.45, 2.75) is 47.7 Å². The van der Waals surface area contributed by atoms with E-state index in [1.54, 1.807) is 12.1 Å². The molecule has 0 radical (unpaired) electrons. The summed E-state index contributed by atoms with van der Waals surface area (Å²) < 4.78 is 64.3. The Kier molecular flexibility index (Phi) is 5.11. The quantitative estimate of drug-likeness (QED) is 0.787. The van der Waals surface area contributed by atoms with Crippen molar-refractivity contribution in [3.05, 3.63) is 53.6 Å². The highest BCUT2D eigenvalue weighted by Gasteiger charge is 2.35. The van der Waals surface area contributed by atoms with Crippen LogP contribution in [0.2, 0.25) is 0 Å². The van der Waals surface area contributed by atoms with Crippen molar-refractivity contribution in [2.24, 2.45) is 0 Å². The molecule has 2 aliphatic rings. The molecular weight excluding hydrogens is 401 g/mol. The van der Waals surface area contributed by atoms with E-state index in [2.05, 4.69) is 17.1 Å². The number of hydrogen-bond acceptors (Lipinski definition) is 4. The molecule has 0 unspecified atom stereocenters. The average Bonchev–Trinajstić information content (AvgIpc) is 2.91. The number of sulfone groups is 1. The molecule has 0 aromatic heterocycles. The number of rotatable bonds is 3. The van der Waals surface area contributed by atoms with E-state index in [0.717, 1.165) is 68.0 Å². The van der Waals surface area contributed by atoms with Crippen molar-refractivity contribution in [3.63, 3.8) is 0 Å². The van der Waals surface area contributed by atoms with Crippen LogP contribution in [0.15, 0.2) is 52.3 Å². The summed E-state index contributed by atoms with van der Waals surface area (Å²) >= 11 is 0. The molecule has 2 aromatic rings. The topological polar surface area (TPSA) is 49.4 Å². The van der Waals surface area contributed by atoms with E-state index in [9.17, 15) is 21.6 Å². The van der Waals surface area contributed by atoms with Gasteiger partial charge in [0.25, 0.3) is 0 Å². The van der Waals surface area contributed by atoms with Gasteiger partial charge in [-0.3, -0.25) is 0 Å². The van der Waals surface area contributed by atoms with E-state index in [1.165, 1.54) is 6.07 Å². The molecule has 1 fully saturated rings. The Hall–Kier alpha value is -2.06. The Morgan fingerprint density at radius 2 is 1.69 bits per heavy atom. The smallest absolute Gasteiger partial charge is 0.381 e. The fourth-order valence-electron chi connectivity index (χ4n) is 4.32. The van der Waals surface area contributed by atoms with Gasteiger partial charge in [-0.2, -0.15) is 13.2 Å². The third-order valence-corrected chi connectivity index (χ3v) is 7.78. The van der Waals surface area contributed by atoms with Gasteiger partial charge >= 0.3 is 6.18 Å². The SMILES string of the molecule is CCN1CC[C@H]2Nc3ccc(S(=O)(=O)c4ccc(C(F)(F)F)cc4)cc3[C@@H]2CC1. The highest BCUT2D eigenvalue weighted by atomic mass is 32.2. The van der Waals surface area contributed by atoms with Crippen LogP contribution >= 0.6 is 0 Å². The lowest BCUT2D eigenvalue weighted by Gasteiger charge is -2.17. The lowest BCUT2D eigenvalue weighted by molar-refractivity contribution is -0.137. The van der Waals surface area contributed by atoms with Gasteiger partial charge in [-0.05, 0) is 74.0 Å². The maximum absolute atomic E-state index is 13.0. The van der Waals surface area contributed by atoms with Gasteiger partial charge in [-0.25, -0.2) is 8.42 Å². The van der Waals surface area contributed by atoms with Crippen molar-refractivity contribution >= 4 is 15.5 Å². The molecule has 2 heterocycles. The molecule has 0 spiro atoms. The first-order valence-electron chi connectivity index (χ1n) is 9.75. The highest BCUT2D eigenvalue weighted by Crippen LogP contribution is 2.42. The van der Waals surface area contributed by atoms with Gasteiger partial charge in [0.05, 0.1) is 15.4 Å². The van der Waals surface area contributed by atoms with Crippen LogP contribution in [-0.2, 0) is 16.0 Å². The third-order valence-electron chi connectivity index (χ3n) is 6.01. The number of halogens is 3. The zero-order valence-corrected chi connectivity index (χ0v) is 16.9. The zero-order chi connectivity index (χ0) is 20.8. The van der Waals surface area contributed by atoms with E-state index in [-0.39, 0.29) is 21.8 Å². The van der Waals surface area contributed by atoms with Gasteiger partial charge in [0.1, 0.15) is 0 Å². The molecular formula is C21H23F3N2O2S. The van der Waals surface area contributed by atoms with Crippen LogP contribution in [0.1, 0.15) is 36.8 Å². The van der Waals surface area contributed by atoms with Crippen LogP contribution in [0.4, 0.5) is 18.9 Å². The van der Waals surface area contributed by atoms with E-state index in [1.807, 2.05) is 0 Å². The van der Waals surface area contributed by atoms with Gasteiger partial charge in [0.2, 0.25) is 9.84 Å². The number of benzene rings is 2. The van der Waals surface area contributed by atoms with E-state index in [0.29, 0.717) is 0 Å². The molecule has 29 heavy (non-hydrogen) atoms. The number of fused-ring (bicyclic) bond motifs is 3. The first kappa shape index (κ1) is 20.2. The fourth-order valence-corrected chi connectivity index (χ4v) is 5.62. The maximum atomic E-state index is 13.0. The minimum Gasteiger partial charge on any atom is -0.381 e. The van der Waals surface area contributed by atoms with Gasteiger partial charge in [-0.15, -0.1) is 0 Å². The molecule has 1 saturated heterocycles. The molecule has 2 aliphatic heterocycles. The molecule has 1 N–H and O–H groups in total. The zero-order valence-electron chi connectivity index (χ0n) is 16.0. The van der Waals surface area contributed by atoms with E-state index in [4.69, 9.17) is 0 Å². The molecule has 8 heteroatoms. The monoisotopic (exact) mass is 424 g/mol. The summed E-state index contributed by atoms with van der Waals surface area (Å²) in [4.78, 5) is 2.38. The number of nitrogens with zero attached hydrogens (tertiary/aromatic N) is 1. The Bertz CT molecular complexity index is 1000. The van der Waals surface area contributed by atoms with Crippen LogP contribution in [0.3, 0.4) is 0 Å². The Labute approximate surface area is 168 Å². The molecule has 2 atom stereocenters. The van der Waals surface area contributed by atoms with Crippen molar-refractivity contribution < 1.29 is 21.6 Å². The predicted octanol–water partition coefficient (Wildman–Crippen LogP) is 4.53. The maximum Gasteiger partial charge on any atom is 0.416 e. The lowest BCUT2D eigenvalue weighted by Crippen LogP contribution is -2.25. The average molecular weight is 424 g/mol. The second kappa shape index (κ2) is 7.32. The second-order valence-corrected chi connectivity index (χ2v) is 9.59. The van der Waals surface area contributed by atoms with Crippen LogP contribution in [0, 0.1) is 0 Å². The molecule has 4 rings (SSSR count). The predicted molar refractivity (Wildman–Crippen MR) is 105 cm³/mol. The molecule has 0 amide bonds.